The van der Waals surface area contributed by atoms with Crippen molar-refractivity contribution in [1.82, 2.24) is 0 Å². The highest BCUT2D eigenvalue weighted by Crippen LogP contribution is 2.20. The summed E-state index contributed by atoms with van der Waals surface area (Å²) in [5.74, 6) is 0.248. The van der Waals surface area contributed by atoms with Gasteiger partial charge in [0.2, 0.25) is 12.6 Å². The number of hydrogen-bond donors (Lipinski definition) is 0. The molecule has 6 nitrogen and oxygen atoms in total. The quantitative estimate of drug-likeness (QED) is 0.588. The van der Waals surface area contributed by atoms with Gasteiger partial charge >= 0.3 is 11.9 Å². The van der Waals surface area contributed by atoms with Gasteiger partial charge in [0.15, 0.2) is 0 Å². The first-order valence-electron chi connectivity index (χ1n) is 6.14. The molecule has 0 saturated heterocycles. The standard InChI is InChI=1S/C14H18O6/c1-9(15)17-11(3)19-13-5-7-14(8-6-13)20-12(4)18-10(2)16/h5-8,11-12H,1-4H3. The van der Waals surface area contributed by atoms with Gasteiger partial charge in [-0.15, -0.1) is 0 Å². The van der Waals surface area contributed by atoms with Gasteiger partial charge < -0.3 is 18.9 Å². The van der Waals surface area contributed by atoms with Crippen LogP contribution in [0.4, 0.5) is 0 Å². The van der Waals surface area contributed by atoms with Gasteiger partial charge in [0.25, 0.3) is 0 Å². The zero-order valence-corrected chi connectivity index (χ0v) is 11.9. The second-order valence-corrected chi connectivity index (χ2v) is 4.06. The molecule has 110 valence electrons. The van der Waals surface area contributed by atoms with Gasteiger partial charge in [-0.05, 0) is 24.3 Å². The van der Waals surface area contributed by atoms with Gasteiger partial charge in [-0.1, -0.05) is 0 Å². The van der Waals surface area contributed by atoms with Crippen LogP contribution in [0.1, 0.15) is 27.7 Å². The van der Waals surface area contributed by atoms with E-state index in [1.54, 1.807) is 38.1 Å². The lowest BCUT2D eigenvalue weighted by Crippen LogP contribution is -2.19. The van der Waals surface area contributed by atoms with E-state index < -0.39 is 24.5 Å². The first-order chi connectivity index (χ1) is 9.36. The van der Waals surface area contributed by atoms with E-state index in [0.29, 0.717) is 11.5 Å². The number of benzene rings is 1. The molecule has 0 aliphatic rings. The second kappa shape index (κ2) is 7.37. The van der Waals surface area contributed by atoms with E-state index in [2.05, 4.69) is 0 Å². The van der Waals surface area contributed by atoms with Gasteiger partial charge in [-0.2, -0.15) is 0 Å². The molecule has 0 bridgehead atoms. The van der Waals surface area contributed by atoms with Crippen LogP contribution in [-0.2, 0) is 19.1 Å². The summed E-state index contributed by atoms with van der Waals surface area (Å²) in [6, 6.07) is 6.65. The highest BCUT2D eigenvalue weighted by molar-refractivity contribution is 5.66. The average molecular weight is 282 g/mol. The molecule has 1 rings (SSSR count). The molecule has 0 aromatic heterocycles. The first kappa shape index (κ1) is 15.8. The predicted molar refractivity (Wildman–Crippen MR) is 70.2 cm³/mol. The fraction of sp³-hybridized carbons (Fsp3) is 0.429. The molecule has 0 spiro atoms. The maximum atomic E-state index is 10.7. The average Bonchev–Trinajstić information content (AvgIpc) is 2.29. The number of carbonyl (C=O) groups is 2. The Morgan fingerprint density at radius 2 is 1.10 bits per heavy atom. The Hall–Kier alpha value is -2.24. The molecule has 0 aliphatic heterocycles. The predicted octanol–water partition coefficient (Wildman–Crippen LogP) is 2.26. The minimum absolute atomic E-state index is 0.410. The van der Waals surface area contributed by atoms with Gasteiger partial charge in [0.05, 0.1) is 0 Å². The molecule has 0 radical (unpaired) electrons. The van der Waals surface area contributed by atoms with Crippen molar-refractivity contribution in [3.05, 3.63) is 24.3 Å². The third-order valence-electron chi connectivity index (χ3n) is 2.09. The number of carbonyl (C=O) groups excluding carboxylic acids is 2. The summed E-state index contributed by atoms with van der Waals surface area (Å²) >= 11 is 0. The van der Waals surface area contributed by atoms with Crippen LogP contribution in [0, 0.1) is 0 Å². The van der Waals surface area contributed by atoms with E-state index in [1.165, 1.54) is 13.8 Å². The number of rotatable bonds is 6. The summed E-state index contributed by atoms with van der Waals surface area (Å²) < 4.78 is 20.4. The molecular formula is C14H18O6. The minimum atomic E-state index is -0.667. The molecule has 2 unspecified atom stereocenters. The summed E-state index contributed by atoms with van der Waals surface area (Å²) in [7, 11) is 0. The van der Waals surface area contributed by atoms with Crippen molar-refractivity contribution in [2.75, 3.05) is 0 Å². The summed E-state index contributed by atoms with van der Waals surface area (Å²) in [6.07, 6.45) is -1.33. The molecule has 2 atom stereocenters. The molecule has 20 heavy (non-hydrogen) atoms. The fourth-order valence-corrected chi connectivity index (χ4v) is 1.50. The largest absolute Gasteiger partial charge is 0.455 e. The van der Waals surface area contributed by atoms with E-state index in [-0.39, 0.29) is 0 Å². The lowest BCUT2D eigenvalue weighted by atomic mass is 10.3. The lowest BCUT2D eigenvalue weighted by molar-refractivity contribution is -0.159. The van der Waals surface area contributed by atoms with Crippen LogP contribution >= 0.6 is 0 Å². The van der Waals surface area contributed by atoms with Crippen molar-refractivity contribution in [2.45, 2.75) is 40.3 Å². The molecule has 1 aromatic rings. The summed E-state index contributed by atoms with van der Waals surface area (Å²) in [5.41, 5.74) is 0. The molecule has 0 N–H and O–H groups in total. The van der Waals surface area contributed by atoms with Crippen LogP contribution in [0.5, 0.6) is 11.5 Å². The van der Waals surface area contributed by atoms with E-state index in [4.69, 9.17) is 18.9 Å². The number of hydrogen-bond acceptors (Lipinski definition) is 6. The van der Waals surface area contributed by atoms with E-state index >= 15 is 0 Å². The van der Waals surface area contributed by atoms with Crippen molar-refractivity contribution >= 4 is 11.9 Å². The minimum Gasteiger partial charge on any atom is -0.455 e. The number of ether oxygens (including phenoxy) is 4. The first-order valence-corrected chi connectivity index (χ1v) is 6.14. The van der Waals surface area contributed by atoms with Crippen LogP contribution in [0.25, 0.3) is 0 Å². The van der Waals surface area contributed by atoms with Crippen molar-refractivity contribution in [3.63, 3.8) is 0 Å². The van der Waals surface area contributed by atoms with E-state index in [9.17, 15) is 9.59 Å². The van der Waals surface area contributed by atoms with Crippen LogP contribution in [0.3, 0.4) is 0 Å². The second-order valence-electron chi connectivity index (χ2n) is 4.06. The van der Waals surface area contributed by atoms with Crippen LogP contribution in [0.2, 0.25) is 0 Å². The van der Waals surface area contributed by atoms with E-state index in [1.807, 2.05) is 0 Å². The highest BCUT2D eigenvalue weighted by atomic mass is 16.7. The van der Waals surface area contributed by atoms with Gasteiger partial charge in [0.1, 0.15) is 11.5 Å². The Morgan fingerprint density at radius 3 is 1.35 bits per heavy atom. The van der Waals surface area contributed by atoms with Crippen molar-refractivity contribution in [3.8, 4) is 11.5 Å². The summed E-state index contributed by atoms with van der Waals surface area (Å²) in [6.45, 7) is 5.86. The smallest absolute Gasteiger partial charge is 0.305 e. The molecule has 0 fully saturated rings. The van der Waals surface area contributed by atoms with Crippen LogP contribution < -0.4 is 9.47 Å². The Labute approximate surface area is 117 Å². The van der Waals surface area contributed by atoms with Crippen LogP contribution in [-0.4, -0.2) is 24.5 Å². The number of esters is 2. The van der Waals surface area contributed by atoms with Gasteiger partial charge in [-0.25, -0.2) is 0 Å². The fourth-order valence-electron chi connectivity index (χ4n) is 1.50. The van der Waals surface area contributed by atoms with E-state index in [0.717, 1.165) is 0 Å². The van der Waals surface area contributed by atoms with Crippen molar-refractivity contribution in [2.24, 2.45) is 0 Å². The van der Waals surface area contributed by atoms with Gasteiger partial charge in [-0.3, -0.25) is 9.59 Å². The summed E-state index contributed by atoms with van der Waals surface area (Å²) in [5, 5.41) is 0. The summed E-state index contributed by atoms with van der Waals surface area (Å²) in [4.78, 5) is 21.5. The zero-order valence-electron chi connectivity index (χ0n) is 11.9. The maximum Gasteiger partial charge on any atom is 0.305 e. The molecule has 0 aliphatic carbocycles. The van der Waals surface area contributed by atoms with Crippen molar-refractivity contribution in [1.29, 1.82) is 0 Å². The Morgan fingerprint density at radius 1 is 0.800 bits per heavy atom. The Bertz CT molecular complexity index is 410. The Kier molecular flexibility index (Phi) is 5.83. The Balaban J connectivity index is 2.51. The molecule has 6 heteroatoms. The highest BCUT2D eigenvalue weighted by Gasteiger charge is 2.09. The monoisotopic (exact) mass is 282 g/mol. The molecule has 0 saturated carbocycles. The molecule has 0 heterocycles. The third-order valence-corrected chi connectivity index (χ3v) is 2.09. The third kappa shape index (κ3) is 6.08. The van der Waals surface area contributed by atoms with Crippen molar-refractivity contribution < 1.29 is 28.5 Å². The SMILES string of the molecule is CC(=O)OC(C)Oc1ccc(OC(C)OC(C)=O)cc1. The van der Waals surface area contributed by atoms with Crippen LogP contribution in [0.15, 0.2) is 24.3 Å². The topological polar surface area (TPSA) is 71.1 Å². The lowest BCUT2D eigenvalue weighted by Gasteiger charge is -2.16. The van der Waals surface area contributed by atoms with Gasteiger partial charge in [0, 0.05) is 27.7 Å². The molecule has 0 amide bonds. The molecular weight excluding hydrogens is 264 g/mol. The maximum absolute atomic E-state index is 10.7. The normalized spacial score (nSPS) is 13.0. The zero-order chi connectivity index (χ0) is 15.1. The molecule has 1 aromatic carbocycles.